The lowest BCUT2D eigenvalue weighted by atomic mass is 9.99. The molecule has 0 amide bonds. The minimum atomic E-state index is -1.28. The fraction of sp³-hybridized carbons (Fsp3) is 0.308. The van der Waals surface area contributed by atoms with Gasteiger partial charge >= 0.3 is 0 Å². The van der Waals surface area contributed by atoms with Crippen molar-refractivity contribution in [2.45, 2.75) is 18.6 Å². The van der Waals surface area contributed by atoms with Crippen molar-refractivity contribution in [1.29, 1.82) is 0 Å². The molecule has 0 aliphatic heterocycles. The van der Waals surface area contributed by atoms with E-state index in [-0.39, 0.29) is 18.5 Å². The summed E-state index contributed by atoms with van der Waals surface area (Å²) in [6.45, 7) is 0.231. The van der Waals surface area contributed by atoms with E-state index in [1.807, 2.05) is 0 Å². The third-order valence-corrected chi connectivity index (χ3v) is 2.87. The highest BCUT2D eigenvalue weighted by atomic mass is 19.1. The number of aliphatic hydroxyl groups is 2. The van der Waals surface area contributed by atoms with E-state index >= 15 is 0 Å². The topological polar surface area (TPSA) is 79.4 Å². The van der Waals surface area contributed by atoms with Crippen LogP contribution in [-0.2, 0) is 0 Å². The summed E-state index contributed by atoms with van der Waals surface area (Å²) >= 11 is 0. The Kier molecular flexibility index (Phi) is 3.86. The molecule has 96 valence electrons. The number of aliphatic hydroxyl groups excluding tert-OH is 2. The summed E-state index contributed by atoms with van der Waals surface area (Å²) in [4.78, 5) is 4.02. The molecule has 0 aliphatic carbocycles. The van der Waals surface area contributed by atoms with Gasteiger partial charge in [-0.25, -0.2) is 4.39 Å². The van der Waals surface area contributed by atoms with E-state index in [1.165, 1.54) is 12.1 Å². The molecule has 18 heavy (non-hydrogen) atoms. The Bertz CT molecular complexity index is 548. The van der Waals surface area contributed by atoms with Crippen molar-refractivity contribution in [3.05, 3.63) is 41.8 Å². The molecule has 0 saturated heterocycles. The first-order valence-corrected chi connectivity index (χ1v) is 5.74. The highest BCUT2D eigenvalue weighted by Crippen LogP contribution is 2.25. The van der Waals surface area contributed by atoms with Crippen LogP contribution in [0, 0.1) is 5.82 Å². The molecule has 4 N–H and O–H groups in total. The molecule has 0 spiro atoms. The van der Waals surface area contributed by atoms with Gasteiger partial charge in [0.2, 0.25) is 0 Å². The first kappa shape index (κ1) is 12.9. The number of rotatable bonds is 4. The van der Waals surface area contributed by atoms with Crippen LogP contribution in [0.4, 0.5) is 4.39 Å². The number of hydrogen-bond acceptors (Lipinski definition) is 4. The third kappa shape index (κ3) is 2.48. The number of nitrogens with two attached hydrogens (primary N) is 1. The van der Waals surface area contributed by atoms with Crippen molar-refractivity contribution in [1.82, 2.24) is 4.98 Å². The maximum absolute atomic E-state index is 13.8. The van der Waals surface area contributed by atoms with Crippen molar-refractivity contribution < 1.29 is 14.6 Å². The second-order valence-corrected chi connectivity index (χ2v) is 4.16. The molecule has 0 saturated carbocycles. The van der Waals surface area contributed by atoms with Crippen LogP contribution in [0.25, 0.3) is 10.9 Å². The number of fused-ring (bicyclic) bond motifs is 1. The van der Waals surface area contributed by atoms with E-state index in [1.54, 1.807) is 18.3 Å². The Balaban J connectivity index is 2.41. The summed E-state index contributed by atoms with van der Waals surface area (Å²) in [6, 6.07) is 6.26. The lowest BCUT2D eigenvalue weighted by molar-refractivity contribution is 0.0131. The molecule has 2 unspecified atom stereocenters. The summed E-state index contributed by atoms with van der Waals surface area (Å²) in [5, 5.41) is 20.3. The van der Waals surface area contributed by atoms with Gasteiger partial charge in [-0.15, -0.1) is 0 Å². The van der Waals surface area contributed by atoms with Gasteiger partial charge in [-0.3, -0.25) is 4.98 Å². The van der Waals surface area contributed by atoms with Crippen LogP contribution in [-0.4, -0.2) is 27.8 Å². The molecule has 1 aromatic carbocycles. The van der Waals surface area contributed by atoms with Gasteiger partial charge in [-0.05, 0) is 25.1 Å². The summed E-state index contributed by atoms with van der Waals surface area (Å²) in [5.74, 6) is -0.579. The van der Waals surface area contributed by atoms with Gasteiger partial charge in [0.05, 0.1) is 11.6 Å². The van der Waals surface area contributed by atoms with E-state index in [2.05, 4.69) is 4.98 Å². The van der Waals surface area contributed by atoms with Crippen LogP contribution in [0.3, 0.4) is 0 Å². The molecule has 0 aliphatic rings. The lowest BCUT2D eigenvalue weighted by Crippen LogP contribution is -2.22. The van der Waals surface area contributed by atoms with E-state index < -0.39 is 18.0 Å². The van der Waals surface area contributed by atoms with Crippen LogP contribution in [0.15, 0.2) is 30.5 Å². The predicted molar refractivity (Wildman–Crippen MR) is 66.3 cm³/mol. The van der Waals surface area contributed by atoms with Crippen LogP contribution in [0.2, 0.25) is 0 Å². The normalized spacial score (nSPS) is 14.7. The number of pyridine rings is 1. The Morgan fingerprint density at radius 3 is 2.83 bits per heavy atom. The first-order valence-electron chi connectivity index (χ1n) is 5.74. The Labute approximate surface area is 104 Å². The van der Waals surface area contributed by atoms with Gasteiger partial charge in [-0.2, -0.15) is 0 Å². The van der Waals surface area contributed by atoms with Crippen LogP contribution < -0.4 is 5.73 Å². The maximum atomic E-state index is 13.8. The van der Waals surface area contributed by atoms with Gasteiger partial charge in [0.1, 0.15) is 11.9 Å². The van der Waals surface area contributed by atoms with Gasteiger partial charge in [0, 0.05) is 23.2 Å². The summed E-state index contributed by atoms with van der Waals surface area (Å²) in [7, 11) is 0. The van der Waals surface area contributed by atoms with Crippen molar-refractivity contribution in [3.63, 3.8) is 0 Å². The molecule has 2 aromatic rings. The molecular weight excluding hydrogens is 235 g/mol. The minimum Gasteiger partial charge on any atom is -0.390 e. The maximum Gasteiger partial charge on any atom is 0.131 e. The monoisotopic (exact) mass is 250 g/mol. The number of halogens is 1. The molecule has 0 bridgehead atoms. The minimum absolute atomic E-state index is 0.0662. The highest BCUT2D eigenvalue weighted by molar-refractivity contribution is 5.79. The summed E-state index contributed by atoms with van der Waals surface area (Å²) < 4.78 is 13.8. The van der Waals surface area contributed by atoms with Crippen LogP contribution in [0.5, 0.6) is 0 Å². The second kappa shape index (κ2) is 5.39. The van der Waals surface area contributed by atoms with Gasteiger partial charge in [0.15, 0.2) is 0 Å². The molecule has 5 heteroatoms. The Morgan fingerprint density at radius 2 is 2.11 bits per heavy atom. The third-order valence-electron chi connectivity index (χ3n) is 2.87. The summed E-state index contributed by atoms with van der Waals surface area (Å²) in [5.41, 5.74) is 5.88. The first-order chi connectivity index (χ1) is 8.63. The number of nitrogens with zero attached hydrogens (tertiary/aromatic N) is 1. The molecule has 1 aromatic heterocycles. The largest absolute Gasteiger partial charge is 0.390 e. The van der Waals surface area contributed by atoms with Gasteiger partial charge in [0.25, 0.3) is 0 Å². The zero-order valence-electron chi connectivity index (χ0n) is 9.75. The molecule has 4 nitrogen and oxygen atoms in total. The molecule has 2 atom stereocenters. The molecule has 0 fully saturated rings. The molecule has 1 heterocycles. The van der Waals surface area contributed by atoms with Crippen LogP contribution in [0.1, 0.15) is 18.1 Å². The van der Waals surface area contributed by atoms with E-state index in [0.29, 0.717) is 10.9 Å². The zero-order valence-corrected chi connectivity index (χ0v) is 9.75. The smallest absolute Gasteiger partial charge is 0.131 e. The number of aromatic nitrogens is 1. The SMILES string of the molecule is NCCC(O)C(O)c1cc2cccnc2cc1F. The average molecular weight is 250 g/mol. The van der Waals surface area contributed by atoms with Crippen molar-refractivity contribution in [3.8, 4) is 0 Å². The fourth-order valence-corrected chi connectivity index (χ4v) is 1.88. The molecule has 0 radical (unpaired) electrons. The number of hydrogen-bond donors (Lipinski definition) is 3. The quantitative estimate of drug-likeness (QED) is 0.759. The fourth-order valence-electron chi connectivity index (χ4n) is 1.88. The van der Waals surface area contributed by atoms with E-state index in [9.17, 15) is 14.6 Å². The van der Waals surface area contributed by atoms with E-state index in [4.69, 9.17) is 5.73 Å². The second-order valence-electron chi connectivity index (χ2n) is 4.16. The Hall–Kier alpha value is -1.56. The standard InChI is InChI=1S/C13H15FN2O2/c14-10-7-11-8(2-1-5-16-11)6-9(10)13(18)12(17)3-4-15/h1-2,5-7,12-13,17-18H,3-4,15H2. The highest BCUT2D eigenvalue weighted by Gasteiger charge is 2.21. The van der Waals surface area contributed by atoms with Gasteiger partial charge in [-0.1, -0.05) is 6.07 Å². The van der Waals surface area contributed by atoms with Crippen molar-refractivity contribution in [2.24, 2.45) is 5.73 Å². The average Bonchev–Trinajstić information content (AvgIpc) is 2.37. The Morgan fingerprint density at radius 1 is 1.33 bits per heavy atom. The van der Waals surface area contributed by atoms with Gasteiger partial charge < -0.3 is 15.9 Å². The van der Waals surface area contributed by atoms with Crippen molar-refractivity contribution >= 4 is 10.9 Å². The predicted octanol–water partition coefficient (Wildman–Crippen LogP) is 1.12. The molecular formula is C13H15FN2O2. The number of benzene rings is 1. The lowest BCUT2D eigenvalue weighted by Gasteiger charge is -2.18. The zero-order chi connectivity index (χ0) is 13.1. The molecule has 2 rings (SSSR count). The van der Waals surface area contributed by atoms with Crippen molar-refractivity contribution in [2.75, 3.05) is 6.54 Å². The van der Waals surface area contributed by atoms with Crippen LogP contribution >= 0.6 is 0 Å². The van der Waals surface area contributed by atoms with E-state index in [0.717, 1.165) is 0 Å². The summed E-state index contributed by atoms with van der Waals surface area (Å²) in [6.07, 6.45) is -0.566.